The number of nitrogens with one attached hydrogen (secondary N) is 1. The van der Waals surface area contributed by atoms with Gasteiger partial charge in [0, 0.05) is 39.6 Å². The molecule has 0 spiro atoms. The number of halogens is 2. The maximum atomic E-state index is 13.5. The molecular formula is C30H30Cl2N2O6. The molecule has 0 saturated carbocycles. The average molecular weight is 585 g/mol. The van der Waals surface area contributed by atoms with Crippen LogP contribution in [0.1, 0.15) is 30.1 Å². The van der Waals surface area contributed by atoms with Crippen molar-refractivity contribution in [2.75, 3.05) is 39.8 Å². The molecule has 1 aromatic heterocycles. The molecule has 1 amide bonds. The molecule has 1 fully saturated rings. The first kappa shape index (κ1) is 27.2. The summed E-state index contributed by atoms with van der Waals surface area (Å²) in [7, 11) is 0. The van der Waals surface area contributed by atoms with E-state index in [0.29, 0.717) is 61.4 Å². The number of carbonyl (C=O) groups excluding carboxylic acids is 1. The van der Waals surface area contributed by atoms with Crippen LogP contribution in [0.2, 0.25) is 10.0 Å². The third kappa shape index (κ3) is 5.47. The number of ether oxygens (including phenoxy) is 4. The van der Waals surface area contributed by atoms with Gasteiger partial charge in [-0.3, -0.25) is 4.90 Å². The van der Waals surface area contributed by atoms with E-state index >= 15 is 0 Å². The first-order valence-electron chi connectivity index (χ1n) is 13.3. The summed E-state index contributed by atoms with van der Waals surface area (Å²) in [6.45, 7) is 1.72. The number of aliphatic hydroxyl groups excluding tert-OH is 1. The molecule has 0 radical (unpaired) electrons. The lowest BCUT2D eigenvalue weighted by atomic mass is 9.88. The Morgan fingerprint density at radius 2 is 1.82 bits per heavy atom. The molecule has 2 aromatic carbocycles. The molecule has 2 aliphatic heterocycles. The smallest absolute Gasteiger partial charge is 0.416 e. The monoisotopic (exact) mass is 584 g/mol. The summed E-state index contributed by atoms with van der Waals surface area (Å²) in [5, 5.41) is 12.2. The largest absolute Gasteiger partial charge is 0.497 e. The molecule has 2 N–H and O–H groups in total. The Hall–Kier alpha value is -3.01. The molecule has 3 aromatic rings. The number of aliphatic hydroxyl groups is 1. The predicted molar refractivity (Wildman–Crippen MR) is 152 cm³/mol. The molecule has 10 heteroatoms. The minimum Gasteiger partial charge on any atom is -0.497 e. The van der Waals surface area contributed by atoms with Crippen LogP contribution in [0.15, 0.2) is 65.9 Å². The van der Waals surface area contributed by atoms with Crippen molar-refractivity contribution < 1.29 is 28.8 Å². The molecule has 8 nitrogen and oxygen atoms in total. The fourth-order valence-electron chi connectivity index (χ4n) is 5.57. The summed E-state index contributed by atoms with van der Waals surface area (Å²) >= 11 is 12.3. The van der Waals surface area contributed by atoms with Crippen LogP contribution in [0.5, 0.6) is 5.75 Å². The minimum atomic E-state index is -0.574. The van der Waals surface area contributed by atoms with Crippen LogP contribution < -0.4 is 4.74 Å². The number of nitrogens with zero attached hydrogens (tertiary/aromatic N) is 1. The van der Waals surface area contributed by atoms with Crippen LogP contribution in [-0.4, -0.2) is 60.8 Å². The van der Waals surface area contributed by atoms with E-state index in [4.69, 9.17) is 42.1 Å². The number of carbonyl (C=O) groups is 1. The Morgan fingerprint density at radius 1 is 1.05 bits per heavy atom. The highest BCUT2D eigenvalue weighted by Gasteiger charge is 2.38. The van der Waals surface area contributed by atoms with E-state index in [1.54, 1.807) is 29.2 Å². The number of hydrogen-bond donors (Lipinski definition) is 2. The van der Waals surface area contributed by atoms with Crippen molar-refractivity contribution in [3.8, 4) is 5.75 Å². The maximum Gasteiger partial charge on any atom is 0.416 e. The third-order valence-corrected chi connectivity index (χ3v) is 8.21. The first-order valence-corrected chi connectivity index (χ1v) is 14.0. The Kier molecular flexibility index (Phi) is 7.79. The molecule has 1 aliphatic carbocycles. The van der Waals surface area contributed by atoms with Gasteiger partial charge in [-0.25, -0.2) is 4.79 Å². The van der Waals surface area contributed by atoms with Crippen LogP contribution in [0.3, 0.4) is 0 Å². The van der Waals surface area contributed by atoms with E-state index in [1.807, 2.05) is 30.4 Å². The average Bonchev–Trinajstić information content (AvgIpc) is 3.35. The minimum absolute atomic E-state index is 0.0820. The lowest BCUT2D eigenvalue weighted by Gasteiger charge is -2.37. The summed E-state index contributed by atoms with van der Waals surface area (Å²) in [5.41, 5.74) is 3.60. The highest BCUT2D eigenvalue weighted by Crippen LogP contribution is 2.42. The predicted octanol–water partition coefficient (Wildman–Crippen LogP) is 6.18. The zero-order chi connectivity index (χ0) is 27.7. The van der Waals surface area contributed by atoms with Crippen LogP contribution in [0, 0.1) is 5.41 Å². The standard InChI is InChI=1S/C30H30Cl2N2O6/c31-20-3-8-23(9-4-20)40-29(36)34-12-11-24-25-13-21(32)5-10-26(25)33-27(24)28(34)19-1-6-22(7-2-19)39-17-30(14-35)15-37-18-38-16-30/h1,3-6,8-10,13,28,33,35H,2,7,11-12,14-18H2/t28-/m0/s1. The maximum absolute atomic E-state index is 13.5. The van der Waals surface area contributed by atoms with E-state index in [1.165, 1.54) is 0 Å². The van der Waals surface area contributed by atoms with E-state index in [0.717, 1.165) is 33.5 Å². The molecule has 0 unspecified atom stereocenters. The van der Waals surface area contributed by atoms with Gasteiger partial charge < -0.3 is 29.0 Å². The Balaban J connectivity index is 1.29. The second-order valence-electron chi connectivity index (χ2n) is 10.5. The number of aromatic nitrogens is 1. The van der Waals surface area contributed by atoms with Gasteiger partial charge in [-0.1, -0.05) is 29.3 Å². The van der Waals surface area contributed by atoms with Gasteiger partial charge in [0.25, 0.3) is 0 Å². The van der Waals surface area contributed by atoms with Gasteiger partial charge >= 0.3 is 6.09 Å². The SMILES string of the molecule is O=C(Oc1ccc(Cl)cc1)N1CCc2c([nH]c3ccc(Cl)cc23)[C@@H]1C1=CC=C(OCC2(CO)COCOC2)CC1. The molecular weight excluding hydrogens is 555 g/mol. The van der Waals surface area contributed by atoms with Gasteiger partial charge in [-0.15, -0.1) is 0 Å². The molecule has 0 bridgehead atoms. The van der Waals surface area contributed by atoms with Gasteiger partial charge in [0.05, 0.1) is 43.6 Å². The third-order valence-electron chi connectivity index (χ3n) is 7.72. The first-order chi connectivity index (χ1) is 19.4. The lowest BCUT2D eigenvalue weighted by Crippen LogP contribution is -2.44. The van der Waals surface area contributed by atoms with Crippen LogP contribution in [0.25, 0.3) is 10.9 Å². The van der Waals surface area contributed by atoms with Crippen molar-refractivity contribution in [3.05, 3.63) is 87.3 Å². The van der Waals surface area contributed by atoms with Crippen molar-refractivity contribution in [1.82, 2.24) is 9.88 Å². The molecule has 40 heavy (non-hydrogen) atoms. The summed E-state index contributed by atoms with van der Waals surface area (Å²) < 4.78 is 22.7. The van der Waals surface area contributed by atoms with Crippen LogP contribution >= 0.6 is 23.2 Å². The Morgan fingerprint density at radius 3 is 2.55 bits per heavy atom. The van der Waals surface area contributed by atoms with Crippen molar-refractivity contribution >= 4 is 40.2 Å². The molecule has 210 valence electrons. The number of aromatic amines is 1. The Bertz CT molecular complexity index is 1460. The summed E-state index contributed by atoms with van der Waals surface area (Å²) in [5.74, 6) is 1.25. The van der Waals surface area contributed by atoms with Gasteiger partial charge in [0.2, 0.25) is 0 Å². The number of H-pyrrole nitrogens is 1. The van der Waals surface area contributed by atoms with E-state index in [9.17, 15) is 9.90 Å². The quantitative estimate of drug-likeness (QED) is 0.359. The topological polar surface area (TPSA) is 93.3 Å². The van der Waals surface area contributed by atoms with Gasteiger partial charge in [0.15, 0.2) is 0 Å². The number of rotatable bonds is 6. The van der Waals surface area contributed by atoms with Gasteiger partial charge in [-0.2, -0.15) is 0 Å². The number of fused-ring (bicyclic) bond motifs is 3. The fraction of sp³-hybridized carbons (Fsp3) is 0.367. The summed E-state index contributed by atoms with van der Waals surface area (Å²) in [6, 6.07) is 12.2. The summed E-state index contributed by atoms with van der Waals surface area (Å²) in [6.07, 6.45) is 5.57. The van der Waals surface area contributed by atoms with Crippen LogP contribution in [-0.2, 0) is 20.6 Å². The van der Waals surface area contributed by atoms with E-state index in [2.05, 4.69) is 4.98 Å². The zero-order valence-electron chi connectivity index (χ0n) is 21.8. The van der Waals surface area contributed by atoms with Crippen molar-refractivity contribution in [1.29, 1.82) is 0 Å². The molecule has 1 saturated heterocycles. The number of benzene rings is 2. The highest BCUT2D eigenvalue weighted by molar-refractivity contribution is 6.31. The second kappa shape index (κ2) is 11.5. The second-order valence-corrected chi connectivity index (χ2v) is 11.4. The molecule has 6 rings (SSSR count). The van der Waals surface area contributed by atoms with Gasteiger partial charge in [0.1, 0.15) is 12.5 Å². The molecule has 1 atom stereocenters. The fourth-order valence-corrected chi connectivity index (χ4v) is 5.87. The number of allylic oxidation sites excluding steroid dienone is 3. The molecule has 3 heterocycles. The van der Waals surface area contributed by atoms with Crippen molar-refractivity contribution in [2.24, 2.45) is 5.41 Å². The summed E-state index contributed by atoms with van der Waals surface area (Å²) in [4.78, 5) is 18.9. The number of amides is 1. The van der Waals surface area contributed by atoms with Gasteiger partial charge in [-0.05, 0) is 72.5 Å². The van der Waals surface area contributed by atoms with Crippen molar-refractivity contribution in [2.45, 2.75) is 25.3 Å². The van der Waals surface area contributed by atoms with E-state index in [-0.39, 0.29) is 19.4 Å². The Labute approximate surface area is 242 Å². The van der Waals surface area contributed by atoms with Crippen molar-refractivity contribution in [3.63, 3.8) is 0 Å². The van der Waals surface area contributed by atoms with Crippen LogP contribution in [0.4, 0.5) is 4.79 Å². The number of hydrogen-bond acceptors (Lipinski definition) is 6. The molecule has 3 aliphatic rings. The van der Waals surface area contributed by atoms with E-state index < -0.39 is 11.5 Å². The lowest BCUT2D eigenvalue weighted by molar-refractivity contribution is -0.189. The highest BCUT2D eigenvalue weighted by atomic mass is 35.5. The normalized spacial score (nSPS) is 20.5. The zero-order valence-corrected chi connectivity index (χ0v) is 23.3.